The molecule has 2 heterocycles. The van der Waals surface area contributed by atoms with Gasteiger partial charge in [-0.2, -0.15) is 0 Å². The van der Waals surface area contributed by atoms with Crippen LogP contribution in [0.2, 0.25) is 0 Å². The van der Waals surface area contributed by atoms with Crippen molar-refractivity contribution in [1.82, 2.24) is 0 Å². The molecule has 112 valence electrons. The van der Waals surface area contributed by atoms with Gasteiger partial charge in [0, 0.05) is 0 Å². The Morgan fingerprint density at radius 3 is 2.62 bits per heavy atom. The number of aliphatic carboxylic acids is 1. The number of anilines is 1. The maximum Gasteiger partial charge on any atom is 0.310 e. The van der Waals surface area contributed by atoms with Crippen LogP contribution in [0.25, 0.3) is 0 Å². The molecule has 1 amide bonds. The van der Waals surface area contributed by atoms with Crippen molar-refractivity contribution >= 4 is 17.6 Å². The molecule has 0 saturated carbocycles. The Hall–Kier alpha value is -1.95. The molecule has 2 aliphatic heterocycles. The molecular formula is C15H16FNO4. The third kappa shape index (κ3) is 2.40. The second-order valence-electron chi connectivity index (χ2n) is 5.65. The zero-order valence-electron chi connectivity index (χ0n) is 11.5. The Balaban J connectivity index is 1.81. The van der Waals surface area contributed by atoms with E-state index in [0.29, 0.717) is 12.8 Å². The first-order chi connectivity index (χ1) is 9.97. The number of halogens is 1. The van der Waals surface area contributed by atoms with Crippen LogP contribution >= 0.6 is 0 Å². The van der Waals surface area contributed by atoms with Crippen molar-refractivity contribution in [3.8, 4) is 0 Å². The number of nitrogens with one attached hydrogen (secondary N) is 1. The van der Waals surface area contributed by atoms with Crippen molar-refractivity contribution in [2.45, 2.75) is 32.0 Å². The quantitative estimate of drug-likeness (QED) is 0.893. The zero-order chi connectivity index (χ0) is 15.1. The lowest BCUT2D eigenvalue weighted by molar-refractivity contribution is -0.147. The minimum Gasteiger partial charge on any atom is -0.481 e. The number of amides is 1. The molecule has 2 fully saturated rings. The number of ether oxygens (including phenoxy) is 1. The number of aryl methyl sites for hydroxylation is 1. The molecule has 2 bridgehead atoms. The summed E-state index contributed by atoms with van der Waals surface area (Å²) in [5.74, 6) is -3.67. The summed E-state index contributed by atoms with van der Waals surface area (Å²) in [6.07, 6.45) is 0.530. The van der Waals surface area contributed by atoms with Gasteiger partial charge in [-0.15, -0.1) is 0 Å². The Bertz CT molecular complexity index is 603. The van der Waals surface area contributed by atoms with E-state index in [-0.39, 0.29) is 11.8 Å². The number of carboxylic acids is 1. The summed E-state index contributed by atoms with van der Waals surface area (Å²) in [5.41, 5.74) is 0.887. The molecule has 2 N–H and O–H groups in total. The molecule has 0 aromatic heterocycles. The lowest BCUT2D eigenvalue weighted by Gasteiger charge is -2.24. The van der Waals surface area contributed by atoms with Gasteiger partial charge in [0.2, 0.25) is 5.91 Å². The summed E-state index contributed by atoms with van der Waals surface area (Å²) in [6.45, 7) is 1.79. The second kappa shape index (κ2) is 5.11. The predicted molar refractivity (Wildman–Crippen MR) is 72.3 cm³/mol. The smallest absolute Gasteiger partial charge is 0.310 e. The van der Waals surface area contributed by atoms with E-state index in [1.54, 1.807) is 13.0 Å². The highest BCUT2D eigenvalue weighted by molar-refractivity contribution is 5.96. The van der Waals surface area contributed by atoms with Gasteiger partial charge in [-0.1, -0.05) is 6.07 Å². The van der Waals surface area contributed by atoms with Crippen molar-refractivity contribution in [3.05, 3.63) is 29.6 Å². The molecule has 4 atom stereocenters. The first-order valence-electron chi connectivity index (χ1n) is 6.92. The third-order valence-corrected chi connectivity index (χ3v) is 4.24. The van der Waals surface area contributed by atoms with Gasteiger partial charge in [0.15, 0.2) is 0 Å². The summed E-state index contributed by atoms with van der Waals surface area (Å²) >= 11 is 0. The van der Waals surface area contributed by atoms with E-state index in [0.717, 1.165) is 5.56 Å². The number of carbonyl (C=O) groups is 2. The SMILES string of the molecule is Cc1ccc(F)c(NC(=O)[C@@H]2[C@@H](C(=O)O)[C@@H]3CC[C@H]2O3)c1. The molecule has 2 saturated heterocycles. The van der Waals surface area contributed by atoms with Crippen LogP contribution in [0, 0.1) is 24.6 Å². The topological polar surface area (TPSA) is 75.6 Å². The van der Waals surface area contributed by atoms with Crippen LogP contribution < -0.4 is 5.32 Å². The standard InChI is InChI=1S/C15H16FNO4/c1-7-2-3-8(16)9(6-7)17-14(18)12-10-4-5-11(21-10)13(12)15(19)20/h2-3,6,10-13H,4-5H2,1H3,(H,17,18)(H,19,20)/t10-,11+,12+,13+/m1/s1. The van der Waals surface area contributed by atoms with Gasteiger partial charge in [-0.3, -0.25) is 9.59 Å². The number of benzene rings is 1. The van der Waals surface area contributed by atoms with E-state index in [1.165, 1.54) is 12.1 Å². The van der Waals surface area contributed by atoms with Gasteiger partial charge < -0.3 is 15.2 Å². The molecule has 0 spiro atoms. The highest BCUT2D eigenvalue weighted by atomic mass is 19.1. The van der Waals surface area contributed by atoms with Gasteiger partial charge in [0.1, 0.15) is 5.82 Å². The Kier molecular flexibility index (Phi) is 3.41. The summed E-state index contributed by atoms with van der Waals surface area (Å²) in [4.78, 5) is 23.7. The Morgan fingerprint density at radius 1 is 1.29 bits per heavy atom. The fraction of sp³-hybridized carbons (Fsp3) is 0.467. The van der Waals surface area contributed by atoms with Crippen molar-refractivity contribution in [2.75, 3.05) is 5.32 Å². The summed E-state index contributed by atoms with van der Waals surface area (Å²) in [5, 5.41) is 11.8. The summed E-state index contributed by atoms with van der Waals surface area (Å²) in [7, 11) is 0. The van der Waals surface area contributed by atoms with Gasteiger partial charge >= 0.3 is 5.97 Å². The molecule has 5 nitrogen and oxygen atoms in total. The maximum atomic E-state index is 13.7. The van der Waals surface area contributed by atoms with Gasteiger partial charge in [0.05, 0.1) is 29.7 Å². The van der Waals surface area contributed by atoms with E-state index >= 15 is 0 Å². The monoisotopic (exact) mass is 293 g/mol. The summed E-state index contributed by atoms with van der Waals surface area (Å²) in [6, 6.07) is 4.40. The molecule has 6 heteroatoms. The fourth-order valence-electron chi connectivity index (χ4n) is 3.28. The van der Waals surface area contributed by atoms with Gasteiger partial charge in [0.25, 0.3) is 0 Å². The van der Waals surface area contributed by atoms with E-state index in [2.05, 4.69) is 5.32 Å². The van der Waals surface area contributed by atoms with Crippen molar-refractivity contribution < 1.29 is 23.8 Å². The molecule has 2 aliphatic rings. The van der Waals surface area contributed by atoms with Crippen LogP contribution in [0.5, 0.6) is 0 Å². The highest BCUT2D eigenvalue weighted by Gasteiger charge is 2.55. The average Bonchev–Trinajstić information content (AvgIpc) is 3.03. The molecule has 1 aromatic rings. The minimum absolute atomic E-state index is 0.0758. The molecule has 0 unspecified atom stereocenters. The van der Waals surface area contributed by atoms with Gasteiger partial charge in [-0.05, 0) is 37.5 Å². The third-order valence-electron chi connectivity index (χ3n) is 4.24. The van der Waals surface area contributed by atoms with Gasteiger partial charge in [-0.25, -0.2) is 4.39 Å². The number of fused-ring (bicyclic) bond motifs is 2. The van der Waals surface area contributed by atoms with Crippen LogP contribution in [0.3, 0.4) is 0 Å². The normalized spacial score (nSPS) is 30.4. The molecule has 3 rings (SSSR count). The Labute approximate surface area is 121 Å². The fourth-order valence-corrected chi connectivity index (χ4v) is 3.28. The first kappa shape index (κ1) is 14.0. The number of rotatable bonds is 3. The van der Waals surface area contributed by atoms with E-state index in [4.69, 9.17) is 4.74 Å². The number of carboxylic acid groups (broad SMARTS) is 1. The van der Waals surface area contributed by atoms with Crippen molar-refractivity contribution in [1.29, 1.82) is 0 Å². The largest absolute Gasteiger partial charge is 0.481 e. The van der Waals surface area contributed by atoms with E-state index in [1.807, 2.05) is 0 Å². The number of hydrogen-bond acceptors (Lipinski definition) is 3. The van der Waals surface area contributed by atoms with Crippen LogP contribution in [-0.2, 0) is 14.3 Å². The molecule has 0 aliphatic carbocycles. The van der Waals surface area contributed by atoms with E-state index < -0.39 is 35.6 Å². The van der Waals surface area contributed by atoms with Crippen molar-refractivity contribution in [2.24, 2.45) is 11.8 Å². The Morgan fingerprint density at radius 2 is 1.95 bits per heavy atom. The number of carbonyl (C=O) groups excluding carboxylic acids is 1. The highest BCUT2D eigenvalue weighted by Crippen LogP contribution is 2.44. The molecule has 21 heavy (non-hydrogen) atoms. The lowest BCUT2D eigenvalue weighted by atomic mass is 9.78. The van der Waals surface area contributed by atoms with Crippen molar-refractivity contribution in [3.63, 3.8) is 0 Å². The van der Waals surface area contributed by atoms with E-state index in [9.17, 15) is 19.1 Å². The van der Waals surface area contributed by atoms with Crippen LogP contribution in [0.1, 0.15) is 18.4 Å². The number of hydrogen-bond donors (Lipinski definition) is 2. The predicted octanol–water partition coefficient (Wildman–Crippen LogP) is 1.95. The first-order valence-corrected chi connectivity index (χ1v) is 6.92. The van der Waals surface area contributed by atoms with Crippen LogP contribution in [0.15, 0.2) is 18.2 Å². The maximum absolute atomic E-state index is 13.7. The van der Waals surface area contributed by atoms with Crippen LogP contribution in [-0.4, -0.2) is 29.2 Å². The zero-order valence-corrected chi connectivity index (χ0v) is 11.5. The van der Waals surface area contributed by atoms with Crippen LogP contribution in [0.4, 0.5) is 10.1 Å². The molecule has 0 radical (unpaired) electrons. The average molecular weight is 293 g/mol. The minimum atomic E-state index is -1.04. The lowest BCUT2D eigenvalue weighted by Crippen LogP contribution is -2.41. The second-order valence-corrected chi connectivity index (χ2v) is 5.65. The molecule has 1 aromatic carbocycles. The molecular weight excluding hydrogens is 277 g/mol. The summed E-state index contributed by atoms with van der Waals surface area (Å²) < 4.78 is 19.2.